The summed E-state index contributed by atoms with van der Waals surface area (Å²) in [5, 5.41) is 0. The smallest absolute Gasteiger partial charge is 0.339 e. The number of benzene rings is 1. The van der Waals surface area contributed by atoms with Crippen molar-refractivity contribution in [1.29, 1.82) is 0 Å². The highest BCUT2D eigenvalue weighted by Crippen LogP contribution is 2.19. The summed E-state index contributed by atoms with van der Waals surface area (Å²) in [5.74, 6) is -2.14. The van der Waals surface area contributed by atoms with Crippen molar-refractivity contribution in [3.63, 3.8) is 0 Å². The first-order chi connectivity index (χ1) is 10.1. The topological polar surface area (TPSA) is 78.9 Å². The van der Waals surface area contributed by atoms with E-state index in [1.54, 1.807) is 20.8 Å². The number of hydrogen-bond acceptors (Lipinski definition) is 6. The van der Waals surface area contributed by atoms with E-state index in [4.69, 9.17) is 14.2 Å². The van der Waals surface area contributed by atoms with Crippen LogP contribution in [0, 0.1) is 0 Å². The second-order valence-corrected chi connectivity index (χ2v) is 3.89. The maximum atomic E-state index is 12.1. The van der Waals surface area contributed by atoms with Gasteiger partial charge in [0.2, 0.25) is 0 Å². The van der Waals surface area contributed by atoms with Crippen molar-refractivity contribution in [3.05, 3.63) is 34.9 Å². The van der Waals surface area contributed by atoms with E-state index in [1.165, 1.54) is 18.2 Å². The summed E-state index contributed by atoms with van der Waals surface area (Å²) in [6.07, 6.45) is 0. The third-order valence-corrected chi connectivity index (χ3v) is 2.53. The molecule has 0 bridgehead atoms. The Bertz CT molecular complexity index is 499. The maximum absolute atomic E-state index is 12.1. The summed E-state index contributed by atoms with van der Waals surface area (Å²) in [5.41, 5.74) is -0.155. The molecule has 0 aliphatic carbocycles. The van der Waals surface area contributed by atoms with Gasteiger partial charge in [-0.05, 0) is 32.9 Å². The standard InChI is InChI=1S/C15H18O6/c1-4-19-13(16)10-8-7-9-11(14(17)20-5-2)12(10)15(18)21-6-3/h7-9H,4-6H2,1-3H3. The molecule has 0 aromatic heterocycles. The van der Waals surface area contributed by atoms with Crippen LogP contribution in [0.25, 0.3) is 0 Å². The molecule has 0 radical (unpaired) electrons. The molecule has 0 saturated carbocycles. The van der Waals surface area contributed by atoms with Gasteiger partial charge in [-0.25, -0.2) is 14.4 Å². The molecule has 0 fully saturated rings. The van der Waals surface area contributed by atoms with E-state index in [2.05, 4.69) is 0 Å². The minimum atomic E-state index is -0.760. The zero-order valence-electron chi connectivity index (χ0n) is 12.3. The summed E-state index contributed by atoms with van der Waals surface area (Å²) in [6.45, 7) is 5.37. The molecule has 1 aromatic rings. The van der Waals surface area contributed by atoms with Crippen LogP contribution in [0.2, 0.25) is 0 Å². The lowest BCUT2D eigenvalue weighted by molar-refractivity contribution is 0.0458. The Labute approximate surface area is 123 Å². The molecule has 0 aliphatic heterocycles. The summed E-state index contributed by atoms with van der Waals surface area (Å²) in [4.78, 5) is 35.9. The van der Waals surface area contributed by atoms with E-state index in [0.717, 1.165) is 0 Å². The van der Waals surface area contributed by atoms with Crippen LogP contribution in [0.5, 0.6) is 0 Å². The Morgan fingerprint density at radius 1 is 0.762 bits per heavy atom. The highest BCUT2D eigenvalue weighted by molar-refractivity contribution is 6.10. The monoisotopic (exact) mass is 294 g/mol. The molecule has 0 heterocycles. The van der Waals surface area contributed by atoms with Crippen LogP contribution in [0.15, 0.2) is 18.2 Å². The lowest BCUT2D eigenvalue weighted by Crippen LogP contribution is -2.19. The molecular weight excluding hydrogens is 276 g/mol. The first-order valence-electron chi connectivity index (χ1n) is 6.71. The van der Waals surface area contributed by atoms with Gasteiger partial charge in [-0.3, -0.25) is 0 Å². The van der Waals surface area contributed by atoms with Gasteiger partial charge in [0.15, 0.2) is 0 Å². The van der Waals surface area contributed by atoms with Crippen molar-refractivity contribution in [2.24, 2.45) is 0 Å². The van der Waals surface area contributed by atoms with Crippen LogP contribution in [0.1, 0.15) is 51.8 Å². The molecule has 0 amide bonds. The van der Waals surface area contributed by atoms with Gasteiger partial charge < -0.3 is 14.2 Å². The second-order valence-electron chi connectivity index (χ2n) is 3.89. The molecule has 0 unspecified atom stereocenters. The largest absolute Gasteiger partial charge is 0.462 e. The average molecular weight is 294 g/mol. The van der Waals surface area contributed by atoms with E-state index >= 15 is 0 Å². The quantitative estimate of drug-likeness (QED) is 0.591. The normalized spacial score (nSPS) is 9.86. The number of ether oxygens (including phenoxy) is 3. The summed E-state index contributed by atoms with van der Waals surface area (Å²) in [7, 11) is 0. The number of hydrogen-bond donors (Lipinski definition) is 0. The van der Waals surface area contributed by atoms with Crippen molar-refractivity contribution >= 4 is 17.9 Å². The van der Waals surface area contributed by atoms with Crippen LogP contribution in [0.4, 0.5) is 0 Å². The molecule has 1 aromatic carbocycles. The Morgan fingerprint density at radius 3 is 1.52 bits per heavy atom. The second kappa shape index (κ2) is 8.04. The molecule has 0 aliphatic rings. The fourth-order valence-corrected chi connectivity index (χ4v) is 1.73. The molecule has 6 heteroatoms. The first-order valence-corrected chi connectivity index (χ1v) is 6.71. The average Bonchev–Trinajstić information content (AvgIpc) is 2.47. The van der Waals surface area contributed by atoms with Crippen LogP contribution in [0.3, 0.4) is 0 Å². The van der Waals surface area contributed by atoms with E-state index in [9.17, 15) is 14.4 Å². The molecule has 0 saturated heterocycles. The lowest BCUT2D eigenvalue weighted by Gasteiger charge is -2.12. The van der Waals surface area contributed by atoms with Crippen molar-refractivity contribution in [3.8, 4) is 0 Å². The van der Waals surface area contributed by atoms with Crippen molar-refractivity contribution in [1.82, 2.24) is 0 Å². The fraction of sp³-hybridized carbons (Fsp3) is 0.400. The molecule has 1 rings (SSSR count). The molecule has 6 nitrogen and oxygen atoms in total. The molecule has 0 spiro atoms. The first kappa shape index (κ1) is 16.7. The van der Waals surface area contributed by atoms with Gasteiger partial charge in [0.25, 0.3) is 0 Å². The third-order valence-electron chi connectivity index (χ3n) is 2.53. The SMILES string of the molecule is CCOC(=O)c1cccc(C(=O)OCC)c1C(=O)OCC. The van der Waals surface area contributed by atoms with Crippen LogP contribution >= 0.6 is 0 Å². The number of esters is 3. The predicted octanol–water partition coefficient (Wildman–Crippen LogP) is 2.22. The molecule has 0 atom stereocenters. The van der Waals surface area contributed by atoms with Crippen LogP contribution < -0.4 is 0 Å². The van der Waals surface area contributed by atoms with Crippen molar-refractivity contribution in [2.75, 3.05) is 19.8 Å². The van der Waals surface area contributed by atoms with Crippen LogP contribution in [-0.2, 0) is 14.2 Å². The van der Waals surface area contributed by atoms with Gasteiger partial charge in [0.05, 0.1) is 36.5 Å². The van der Waals surface area contributed by atoms with Gasteiger partial charge in [-0.15, -0.1) is 0 Å². The van der Waals surface area contributed by atoms with Crippen molar-refractivity contribution in [2.45, 2.75) is 20.8 Å². The lowest BCUT2D eigenvalue weighted by atomic mass is 10.0. The highest BCUT2D eigenvalue weighted by Gasteiger charge is 2.26. The molecule has 0 N–H and O–H groups in total. The van der Waals surface area contributed by atoms with E-state index in [1.807, 2.05) is 0 Å². The van der Waals surface area contributed by atoms with E-state index in [-0.39, 0.29) is 36.5 Å². The maximum Gasteiger partial charge on any atom is 0.339 e. The molecular formula is C15H18O6. The highest BCUT2D eigenvalue weighted by atomic mass is 16.5. The molecule has 114 valence electrons. The Morgan fingerprint density at radius 2 is 1.14 bits per heavy atom. The van der Waals surface area contributed by atoms with Gasteiger partial charge in [0, 0.05) is 0 Å². The number of carbonyl (C=O) groups excluding carboxylic acids is 3. The summed E-state index contributed by atoms with van der Waals surface area (Å²) < 4.78 is 14.7. The Balaban J connectivity index is 3.37. The third kappa shape index (κ3) is 4.05. The van der Waals surface area contributed by atoms with Gasteiger partial charge >= 0.3 is 17.9 Å². The Hall–Kier alpha value is -2.37. The minimum absolute atomic E-state index is 0.0131. The molecule has 21 heavy (non-hydrogen) atoms. The van der Waals surface area contributed by atoms with Crippen molar-refractivity contribution < 1.29 is 28.6 Å². The van der Waals surface area contributed by atoms with E-state index in [0.29, 0.717) is 0 Å². The Kier molecular flexibility index (Phi) is 6.39. The zero-order valence-corrected chi connectivity index (χ0v) is 12.3. The number of rotatable bonds is 6. The minimum Gasteiger partial charge on any atom is -0.462 e. The predicted molar refractivity (Wildman–Crippen MR) is 74.3 cm³/mol. The van der Waals surface area contributed by atoms with Gasteiger partial charge in [0.1, 0.15) is 0 Å². The van der Waals surface area contributed by atoms with Crippen LogP contribution in [-0.4, -0.2) is 37.7 Å². The van der Waals surface area contributed by atoms with Gasteiger partial charge in [-0.1, -0.05) is 6.07 Å². The van der Waals surface area contributed by atoms with E-state index < -0.39 is 17.9 Å². The fourth-order valence-electron chi connectivity index (χ4n) is 1.73. The summed E-state index contributed by atoms with van der Waals surface area (Å²) >= 11 is 0. The summed E-state index contributed by atoms with van der Waals surface area (Å²) in [6, 6.07) is 4.31. The van der Waals surface area contributed by atoms with Gasteiger partial charge in [-0.2, -0.15) is 0 Å². The number of carbonyl (C=O) groups is 3. The zero-order chi connectivity index (χ0) is 15.8.